The molecule has 4 heteroatoms. The summed E-state index contributed by atoms with van der Waals surface area (Å²) >= 11 is 0. The Balaban J connectivity index is 2.73. The minimum Gasteiger partial charge on any atom is -0.456 e. The minimum absolute atomic E-state index is 0.0216. The van der Waals surface area contributed by atoms with Crippen LogP contribution in [0.5, 0.6) is 0 Å². The molecule has 1 aromatic rings. The molecule has 4 nitrogen and oxygen atoms in total. The maximum atomic E-state index is 11.8. The quantitative estimate of drug-likeness (QED) is 0.651. The fourth-order valence-electron chi connectivity index (χ4n) is 1.26. The second-order valence-electron chi connectivity index (χ2n) is 5.02. The van der Waals surface area contributed by atoms with Crippen molar-refractivity contribution >= 4 is 11.9 Å². The van der Waals surface area contributed by atoms with Crippen molar-refractivity contribution in [3.8, 4) is 11.8 Å². The Labute approximate surface area is 112 Å². The first-order valence-corrected chi connectivity index (χ1v) is 5.88. The third-order valence-electron chi connectivity index (χ3n) is 2.01. The van der Waals surface area contributed by atoms with Crippen LogP contribution in [0, 0.1) is 11.8 Å². The average molecular weight is 259 g/mol. The molecule has 0 aliphatic heterocycles. The van der Waals surface area contributed by atoms with E-state index in [1.807, 2.05) is 20.8 Å². The van der Waals surface area contributed by atoms with E-state index < -0.39 is 11.5 Å². The lowest BCUT2D eigenvalue weighted by molar-refractivity contribution is -0.117. The topological polar surface area (TPSA) is 69.4 Å². The number of primary amides is 1. The molecule has 2 N–H and O–H groups in total. The lowest BCUT2D eigenvalue weighted by atomic mass is 10.1. The standard InChI is InChI=1S/C15H17NO3/c1-15(2,3)19-14(18)12-9-7-11(8-10-12)5-4-6-13(16)17/h7-10H,6H2,1-3H3,(H2,16,17). The van der Waals surface area contributed by atoms with E-state index in [1.165, 1.54) is 0 Å². The SMILES string of the molecule is CC(C)(C)OC(=O)c1ccc(C#CCC(N)=O)cc1. The maximum Gasteiger partial charge on any atom is 0.338 e. The monoisotopic (exact) mass is 259 g/mol. The van der Waals surface area contributed by atoms with Crippen LogP contribution in [-0.4, -0.2) is 17.5 Å². The number of hydrogen-bond donors (Lipinski definition) is 1. The molecule has 0 aliphatic rings. The smallest absolute Gasteiger partial charge is 0.338 e. The van der Waals surface area contributed by atoms with E-state index in [1.54, 1.807) is 24.3 Å². The van der Waals surface area contributed by atoms with E-state index in [9.17, 15) is 9.59 Å². The first-order valence-electron chi connectivity index (χ1n) is 5.88. The first kappa shape index (κ1) is 14.8. The van der Waals surface area contributed by atoms with Crippen molar-refractivity contribution in [2.45, 2.75) is 32.8 Å². The van der Waals surface area contributed by atoms with E-state index >= 15 is 0 Å². The number of amides is 1. The summed E-state index contributed by atoms with van der Waals surface area (Å²) in [5, 5.41) is 0. The summed E-state index contributed by atoms with van der Waals surface area (Å²) in [7, 11) is 0. The third-order valence-corrected chi connectivity index (χ3v) is 2.01. The van der Waals surface area contributed by atoms with Gasteiger partial charge in [0.25, 0.3) is 0 Å². The molecule has 0 unspecified atom stereocenters. The Morgan fingerprint density at radius 1 is 1.21 bits per heavy atom. The Kier molecular flexibility index (Phi) is 4.71. The number of carbonyl (C=O) groups is 2. The van der Waals surface area contributed by atoms with Gasteiger partial charge in [-0.3, -0.25) is 4.79 Å². The van der Waals surface area contributed by atoms with Gasteiger partial charge in [-0.05, 0) is 45.0 Å². The zero-order chi connectivity index (χ0) is 14.5. The van der Waals surface area contributed by atoms with Crippen molar-refractivity contribution in [1.29, 1.82) is 0 Å². The number of rotatable bonds is 2. The highest BCUT2D eigenvalue weighted by atomic mass is 16.6. The van der Waals surface area contributed by atoms with Crippen LogP contribution in [0.15, 0.2) is 24.3 Å². The largest absolute Gasteiger partial charge is 0.456 e. The molecule has 0 aromatic heterocycles. The van der Waals surface area contributed by atoms with Crippen LogP contribution in [0.3, 0.4) is 0 Å². The molecular formula is C15H17NO3. The van der Waals surface area contributed by atoms with Gasteiger partial charge in [-0.2, -0.15) is 0 Å². The van der Waals surface area contributed by atoms with Gasteiger partial charge in [0.15, 0.2) is 0 Å². The normalized spacial score (nSPS) is 10.3. The molecule has 0 saturated heterocycles. The summed E-state index contributed by atoms with van der Waals surface area (Å²) in [5.41, 5.74) is 5.64. The molecular weight excluding hydrogens is 242 g/mol. The number of hydrogen-bond acceptors (Lipinski definition) is 3. The molecule has 0 radical (unpaired) electrons. The van der Waals surface area contributed by atoms with Crippen LogP contribution < -0.4 is 5.73 Å². The van der Waals surface area contributed by atoms with E-state index in [0.717, 1.165) is 0 Å². The third kappa shape index (κ3) is 5.73. The summed E-state index contributed by atoms with van der Waals surface area (Å²) in [5.74, 6) is 4.60. The highest BCUT2D eigenvalue weighted by Gasteiger charge is 2.17. The molecule has 0 spiro atoms. The predicted octanol–water partition coefficient (Wildman–Crippen LogP) is 1.87. The Morgan fingerprint density at radius 3 is 2.26 bits per heavy atom. The zero-order valence-corrected chi connectivity index (χ0v) is 11.3. The fourth-order valence-corrected chi connectivity index (χ4v) is 1.26. The van der Waals surface area contributed by atoms with E-state index in [0.29, 0.717) is 11.1 Å². The molecule has 1 rings (SSSR count). The van der Waals surface area contributed by atoms with Crippen molar-refractivity contribution in [2.24, 2.45) is 5.73 Å². The van der Waals surface area contributed by atoms with Crippen LogP contribution in [0.25, 0.3) is 0 Å². The number of esters is 1. The van der Waals surface area contributed by atoms with Gasteiger partial charge in [-0.1, -0.05) is 11.8 Å². The van der Waals surface area contributed by atoms with E-state index in [2.05, 4.69) is 11.8 Å². The summed E-state index contributed by atoms with van der Waals surface area (Å²) in [6, 6.07) is 6.69. The Morgan fingerprint density at radius 2 is 1.79 bits per heavy atom. The summed E-state index contributed by atoms with van der Waals surface area (Å²) in [6.07, 6.45) is 0.0216. The van der Waals surface area contributed by atoms with Gasteiger partial charge >= 0.3 is 5.97 Å². The molecule has 0 bridgehead atoms. The second-order valence-corrected chi connectivity index (χ2v) is 5.02. The molecule has 1 amide bonds. The lowest BCUT2D eigenvalue weighted by Crippen LogP contribution is -2.23. The van der Waals surface area contributed by atoms with Gasteiger partial charge in [0, 0.05) is 5.56 Å². The van der Waals surface area contributed by atoms with Crippen LogP contribution in [-0.2, 0) is 9.53 Å². The van der Waals surface area contributed by atoms with E-state index in [-0.39, 0.29) is 12.4 Å². The van der Waals surface area contributed by atoms with Gasteiger partial charge < -0.3 is 10.5 Å². The summed E-state index contributed by atoms with van der Waals surface area (Å²) in [6.45, 7) is 5.44. The molecule has 0 heterocycles. The maximum absolute atomic E-state index is 11.8. The summed E-state index contributed by atoms with van der Waals surface area (Å²) in [4.78, 5) is 22.3. The van der Waals surface area contributed by atoms with Crippen LogP contribution in [0.2, 0.25) is 0 Å². The Bertz CT molecular complexity index is 527. The van der Waals surface area contributed by atoms with Crippen LogP contribution in [0.1, 0.15) is 43.1 Å². The highest BCUT2D eigenvalue weighted by molar-refractivity contribution is 5.89. The van der Waals surface area contributed by atoms with Crippen molar-refractivity contribution in [1.82, 2.24) is 0 Å². The number of ether oxygens (including phenoxy) is 1. The molecule has 100 valence electrons. The first-order chi connectivity index (χ1) is 8.78. The van der Waals surface area contributed by atoms with Gasteiger partial charge in [-0.15, -0.1) is 0 Å². The molecule has 0 saturated carbocycles. The van der Waals surface area contributed by atoms with Crippen molar-refractivity contribution in [3.05, 3.63) is 35.4 Å². The minimum atomic E-state index is -0.517. The molecule has 0 aliphatic carbocycles. The predicted molar refractivity (Wildman–Crippen MR) is 72.3 cm³/mol. The van der Waals surface area contributed by atoms with Gasteiger partial charge in [0.05, 0.1) is 12.0 Å². The number of carbonyl (C=O) groups excluding carboxylic acids is 2. The van der Waals surface area contributed by atoms with Crippen LogP contribution in [0.4, 0.5) is 0 Å². The average Bonchev–Trinajstić information content (AvgIpc) is 2.27. The highest BCUT2D eigenvalue weighted by Crippen LogP contribution is 2.12. The molecule has 19 heavy (non-hydrogen) atoms. The van der Waals surface area contributed by atoms with Crippen molar-refractivity contribution in [2.75, 3.05) is 0 Å². The number of nitrogens with two attached hydrogens (primary N) is 1. The van der Waals surface area contributed by atoms with Gasteiger partial charge in [0.2, 0.25) is 5.91 Å². The fraction of sp³-hybridized carbons (Fsp3) is 0.333. The molecule has 0 atom stereocenters. The molecule has 1 aromatic carbocycles. The van der Waals surface area contributed by atoms with Crippen molar-refractivity contribution in [3.63, 3.8) is 0 Å². The van der Waals surface area contributed by atoms with Gasteiger partial charge in [-0.25, -0.2) is 4.79 Å². The second kappa shape index (κ2) is 6.05. The van der Waals surface area contributed by atoms with E-state index in [4.69, 9.17) is 10.5 Å². The zero-order valence-electron chi connectivity index (χ0n) is 11.3. The summed E-state index contributed by atoms with van der Waals surface area (Å²) < 4.78 is 5.24. The molecule has 0 fully saturated rings. The van der Waals surface area contributed by atoms with Gasteiger partial charge in [0.1, 0.15) is 5.60 Å². The van der Waals surface area contributed by atoms with Crippen LogP contribution >= 0.6 is 0 Å². The Hall–Kier alpha value is -2.28. The van der Waals surface area contributed by atoms with Crippen molar-refractivity contribution < 1.29 is 14.3 Å². The number of benzene rings is 1. The lowest BCUT2D eigenvalue weighted by Gasteiger charge is -2.19.